The zero-order valence-corrected chi connectivity index (χ0v) is 15.7. The fourth-order valence-corrected chi connectivity index (χ4v) is 4.23. The highest BCUT2D eigenvalue weighted by atomic mass is 32.2. The van der Waals surface area contributed by atoms with Crippen LogP contribution in [0.3, 0.4) is 0 Å². The van der Waals surface area contributed by atoms with Crippen LogP contribution in [-0.2, 0) is 14.8 Å². The second-order valence-corrected chi connectivity index (χ2v) is 8.61. The highest BCUT2D eigenvalue weighted by Gasteiger charge is 2.22. The van der Waals surface area contributed by atoms with Gasteiger partial charge < -0.3 is 10.6 Å². The number of hydrogen-bond donors (Lipinski definition) is 2. The third kappa shape index (κ3) is 6.41. The molecule has 1 aromatic carbocycles. The molecule has 7 heteroatoms. The van der Waals surface area contributed by atoms with Crippen molar-refractivity contribution < 1.29 is 13.2 Å². The van der Waals surface area contributed by atoms with E-state index in [1.165, 1.54) is 57.7 Å². The number of sulfonamides is 1. The van der Waals surface area contributed by atoms with E-state index in [0.717, 1.165) is 4.31 Å². The Hall–Kier alpha value is -1.44. The third-order valence-corrected chi connectivity index (χ3v) is 6.37. The summed E-state index contributed by atoms with van der Waals surface area (Å²) < 4.78 is 25.8. The zero-order chi connectivity index (χ0) is 18.1. The molecule has 0 aromatic heterocycles. The summed E-state index contributed by atoms with van der Waals surface area (Å²) >= 11 is 0. The standard InChI is InChI=1S/C18H29N3O3S/c1-21(25(23,24)17-11-7-4-8-12-17)15-18(22)20-14-13-19-16-9-5-2-3-6-10-16/h4,7-8,11-12,16,19H,2-3,5-6,9-10,13-15H2,1H3,(H,20,22). The summed E-state index contributed by atoms with van der Waals surface area (Å²) in [4.78, 5) is 12.2. The molecule has 140 valence electrons. The number of carbonyl (C=O) groups is 1. The van der Waals surface area contributed by atoms with E-state index in [2.05, 4.69) is 10.6 Å². The van der Waals surface area contributed by atoms with Crippen molar-refractivity contribution in [3.8, 4) is 0 Å². The molecule has 1 aliphatic rings. The molecule has 1 aliphatic carbocycles. The van der Waals surface area contributed by atoms with Crippen LogP contribution in [0, 0.1) is 0 Å². The van der Waals surface area contributed by atoms with E-state index in [9.17, 15) is 13.2 Å². The number of nitrogens with zero attached hydrogens (tertiary/aromatic N) is 1. The Morgan fingerprint density at radius 2 is 1.72 bits per heavy atom. The number of nitrogens with one attached hydrogen (secondary N) is 2. The lowest BCUT2D eigenvalue weighted by Gasteiger charge is -2.18. The van der Waals surface area contributed by atoms with E-state index in [1.807, 2.05) is 0 Å². The fourth-order valence-electron chi connectivity index (χ4n) is 3.08. The fraction of sp³-hybridized carbons (Fsp3) is 0.611. The van der Waals surface area contributed by atoms with Crippen LogP contribution in [0.5, 0.6) is 0 Å². The molecule has 0 aliphatic heterocycles. The van der Waals surface area contributed by atoms with E-state index in [0.29, 0.717) is 19.1 Å². The molecule has 1 fully saturated rings. The number of carbonyl (C=O) groups excluding carboxylic acids is 1. The quantitative estimate of drug-likeness (QED) is 0.542. The Morgan fingerprint density at radius 1 is 1.08 bits per heavy atom. The van der Waals surface area contributed by atoms with Crippen molar-refractivity contribution in [2.75, 3.05) is 26.7 Å². The number of likely N-dealkylation sites (N-methyl/N-ethyl adjacent to an activating group) is 1. The van der Waals surface area contributed by atoms with E-state index < -0.39 is 10.0 Å². The highest BCUT2D eigenvalue weighted by Crippen LogP contribution is 2.16. The zero-order valence-electron chi connectivity index (χ0n) is 14.9. The van der Waals surface area contributed by atoms with Crippen molar-refractivity contribution in [1.29, 1.82) is 0 Å². The van der Waals surface area contributed by atoms with Crippen molar-refractivity contribution in [2.24, 2.45) is 0 Å². The lowest BCUT2D eigenvalue weighted by Crippen LogP contribution is -2.41. The molecule has 0 saturated heterocycles. The van der Waals surface area contributed by atoms with Gasteiger partial charge in [0, 0.05) is 26.2 Å². The maximum Gasteiger partial charge on any atom is 0.243 e. The molecule has 25 heavy (non-hydrogen) atoms. The molecule has 0 atom stereocenters. The summed E-state index contributed by atoms with van der Waals surface area (Å²) in [7, 11) is -2.21. The van der Waals surface area contributed by atoms with Crippen molar-refractivity contribution in [3.05, 3.63) is 30.3 Å². The lowest BCUT2D eigenvalue weighted by atomic mass is 10.1. The van der Waals surface area contributed by atoms with Crippen molar-refractivity contribution in [3.63, 3.8) is 0 Å². The topological polar surface area (TPSA) is 78.5 Å². The van der Waals surface area contributed by atoms with Gasteiger partial charge in [-0.25, -0.2) is 8.42 Å². The van der Waals surface area contributed by atoms with E-state index in [1.54, 1.807) is 18.2 Å². The molecule has 2 rings (SSSR count). The van der Waals surface area contributed by atoms with Crippen LogP contribution in [0.4, 0.5) is 0 Å². The summed E-state index contributed by atoms with van der Waals surface area (Å²) in [5.41, 5.74) is 0. The Bertz CT molecular complexity index is 626. The van der Waals surface area contributed by atoms with Crippen LogP contribution in [0.2, 0.25) is 0 Å². The van der Waals surface area contributed by atoms with E-state index in [4.69, 9.17) is 0 Å². The van der Waals surface area contributed by atoms with Gasteiger partial charge in [-0.15, -0.1) is 0 Å². The molecule has 6 nitrogen and oxygen atoms in total. The predicted octanol–water partition coefficient (Wildman–Crippen LogP) is 1.74. The first-order valence-corrected chi connectivity index (χ1v) is 10.5. The predicted molar refractivity (Wildman–Crippen MR) is 98.8 cm³/mol. The molecule has 0 radical (unpaired) electrons. The summed E-state index contributed by atoms with van der Waals surface area (Å²) in [6.45, 7) is 1.04. The third-order valence-electron chi connectivity index (χ3n) is 4.55. The van der Waals surface area contributed by atoms with E-state index >= 15 is 0 Å². The average molecular weight is 368 g/mol. The normalized spacial score (nSPS) is 16.6. The van der Waals surface area contributed by atoms with Crippen LogP contribution < -0.4 is 10.6 Å². The number of hydrogen-bond acceptors (Lipinski definition) is 4. The van der Waals surface area contributed by atoms with Crippen LogP contribution in [-0.4, -0.2) is 51.4 Å². The second-order valence-electron chi connectivity index (χ2n) is 6.57. The summed E-state index contributed by atoms with van der Waals surface area (Å²) in [6.07, 6.45) is 7.57. The van der Waals surface area contributed by atoms with Gasteiger partial charge in [0.1, 0.15) is 0 Å². The maximum atomic E-state index is 12.4. The first kappa shape index (κ1) is 19.9. The van der Waals surface area contributed by atoms with Gasteiger partial charge in [0.05, 0.1) is 11.4 Å². The molecule has 0 heterocycles. The SMILES string of the molecule is CN(CC(=O)NCCNC1CCCCCC1)S(=O)(=O)c1ccccc1. The number of amides is 1. The smallest absolute Gasteiger partial charge is 0.243 e. The minimum absolute atomic E-state index is 0.180. The molecule has 0 spiro atoms. The van der Waals surface area contributed by atoms with Gasteiger partial charge in [-0.05, 0) is 25.0 Å². The number of rotatable bonds is 8. The van der Waals surface area contributed by atoms with Crippen LogP contribution in [0.25, 0.3) is 0 Å². The first-order chi connectivity index (χ1) is 12.0. The molecule has 1 amide bonds. The first-order valence-electron chi connectivity index (χ1n) is 9.01. The van der Waals surface area contributed by atoms with Crippen molar-refractivity contribution >= 4 is 15.9 Å². The Morgan fingerprint density at radius 3 is 2.36 bits per heavy atom. The van der Waals surface area contributed by atoms with Gasteiger partial charge >= 0.3 is 0 Å². The Balaban J connectivity index is 1.70. The molecule has 0 unspecified atom stereocenters. The highest BCUT2D eigenvalue weighted by molar-refractivity contribution is 7.89. The van der Waals surface area contributed by atoms with Crippen molar-refractivity contribution in [2.45, 2.75) is 49.5 Å². The van der Waals surface area contributed by atoms with Gasteiger partial charge in [-0.2, -0.15) is 4.31 Å². The Kier molecular flexibility index (Phi) is 7.87. The number of benzene rings is 1. The molecule has 0 bridgehead atoms. The van der Waals surface area contributed by atoms with Crippen LogP contribution in [0.15, 0.2) is 35.2 Å². The minimum Gasteiger partial charge on any atom is -0.354 e. The van der Waals surface area contributed by atoms with Crippen LogP contribution >= 0.6 is 0 Å². The van der Waals surface area contributed by atoms with Crippen LogP contribution in [0.1, 0.15) is 38.5 Å². The van der Waals surface area contributed by atoms with E-state index in [-0.39, 0.29) is 17.3 Å². The summed E-state index contributed by atoms with van der Waals surface area (Å²) in [5.74, 6) is -0.287. The van der Waals surface area contributed by atoms with Crippen molar-refractivity contribution in [1.82, 2.24) is 14.9 Å². The lowest BCUT2D eigenvalue weighted by molar-refractivity contribution is -0.121. The summed E-state index contributed by atoms with van der Waals surface area (Å²) in [6, 6.07) is 8.69. The average Bonchev–Trinajstić information content (AvgIpc) is 2.88. The molecule has 1 aromatic rings. The largest absolute Gasteiger partial charge is 0.354 e. The molecular weight excluding hydrogens is 338 g/mol. The summed E-state index contributed by atoms with van der Waals surface area (Å²) in [5, 5.41) is 6.26. The molecule has 2 N–H and O–H groups in total. The van der Waals surface area contributed by atoms with Gasteiger partial charge in [0.2, 0.25) is 15.9 Å². The minimum atomic E-state index is -3.63. The van der Waals surface area contributed by atoms with Gasteiger partial charge in [0.15, 0.2) is 0 Å². The maximum absolute atomic E-state index is 12.4. The monoisotopic (exact) mass is 367 g/mol. The van der Waals surface area contributed by atoms with Gasteiger partial charge in [-0.1, -0.05) is 43.9 Å². The molecule has 1 saturated carbocycles. The Labute approximate surface area is 151 Å². The second kappa shape index (κ2) is 9.89. The van der Waals surface area contributed by atoms with Gasteiger partial charge in [0.25, 0.3) is 0 Å². The molecular formula is C18H29N3O3S. The van der Waals surface area contributed by atoms with Gasteiger partial charge in [-0.3, -0.25) is 4.79 Å².